The number of hydrogen-bond donors (Lipinski definition) is 3. The molecule has 0 heterocycles. The van der Waals surface area contributed by atoms with Crippen molar-refractivity contribution in [3.63, 3.8) is 0 Å². The first-order valence-corrected chi connectivity index (χ1v) is 7.78. The molecule has 6 nitrogen and oxygen atoms in total. The molecule has 0 aliphatic rings. The molecule has 0 aliphatic heterocycles. The van der Waals surface area contributed by atoms with Crippen molar-refractivity contribution < 1.29 is 29.7 Å². The molecule has 1 rings (SSSR count). The predicted molar refractivity (Wildman–Crippen MR) is 81.5 cm³/mol. The van der Waals surface area contributed by atoms with Gasteiger partial charge in [0.15, 0.2) is 0 Å². The van der Waals surface area contributed by atoms with Gasteiger partial charge < -0.3 is 15.3 Å². The fourth-order valence-corrected chi connectivity index (χ4v) is 2.05. The van der Waals surface area contributed by atoms with Crippen LogP contribution in [-0.2, 0) is 14.4 Å². The molecule has 0 aliphatic carbocycles. The van der Waals surface area contributed by atoms with Crippen LogP contribution in [0.1, 0.15) is 26.3 Å². The van der Waals surface area contributed by atoms with Gasteiger partial charge in [0.1, 0.15) is 0 Å². The van der Waals surface area contributed by atoms with E-state index >= 15 is 0 Å². The summed E-state index contributed by atoms with van der Waals surface area (Å²) in [4.78, 5) is 27.0. The molecule has 0 spiro atoms. The number of hydrogen-bond acceptors (Lipinski definition) is 3. The Morgan fingerprint density at radius 2 is 1.24 bits per heavy atom. The van der Waals surface area contributed by atoms with Crippen LogP contribution in [0.3, 0.4) is 0 Å². The number of rotatable bonds is 0. The molecule has 0 fully saturated rings. The van der Waals surface area contributed by atoms with Crippen molar-refractivity contribution in [2.45, 2.75) is 27.7 Å². The molecule has 3 radical (unpaired) electrons. The van der Waals surface area contributed by atoms with Gasteiger partial charge in [0.25, 0.3) is 17.9 Å². The summed E-state index contributed by atoms with van der Waals surface area (Å²) in [5.41, 5.74) is 1.35. The number of carbonyl (C=O) groups is 3. The van der Waals surface area contributed by atoms with E-state index in [9.17, 15) is 0 Å². The second-order valence-electron chi connectivity index (χ2n) is 3.52. The Bertz CT molecular complexity index is 421. The van der Waals surface area contributed by atoms with Crippen LogP contribution in [0.25, 0.3) is 0 Å². The molecule has 3 N–H and O–H groups in total. The summed E-state index contributed by atoms with van der Waals surface area (Å²) < 4.78 is 1.39. The number of benzene rings is 1. The Labute approximate surface area is 144 Å². The molecular weight excluding hydrogens is 495 g/mol. The number of carboxylic acid groups (broad SMARTS) is 3. The topological polar surface area (TPSA) is 112 Å². The van der Waals surface area contributed by atoms with Crippen LogP contribution in [0.2, 0.25) is 5.02 Å². The summed E-state index contributed by atoms with van der Waals surface area (Å²) in [6.45, 7) is 5.36. The average Bonchev–Trinajstić information content (AvgIpc) is 2.21. The van der Waals surface area contributed by atoms with Gasteiger partial charge in [-0.05, 0) is 0 Å². The minimum absolute atomic E-state index is 0.833. The fraction of sp³-hybridized carbons (Fsp3) is 0.308. The van der Waals surface area contributed by atoms with Crippen LogP contribution in [0.5, 0.6) is 0 Å². The van der Waals surface area contributed by atoms with E-state index < -0.39 is 17.9 Å². The normalized spacial score (nSPS) is 7.71. The summed E-state index contributed by atoms with van der Waals surface area (Å²) >= 11 is 6.83. The average molecular weight is 513 g/mol. The summed E-state index contributed by atoms with van der Waals surface area (Å²) in [6, 6.07) is 6.02. The molecule has 117 valence electrons. The van der Waals surface area contributed by atoms with Crippen LogP contribution in [0.15, 0.2) is 18.2 Å². The van der Waals surface area contributed by atoms with Gasteiger partial charge in [0.2, 0.25) is 0 Å². The molecule has 8 heteroatoms. The van der Waals surface area contributed by atoms with Crippen molar-refractivity contribution >= 4 is 58.4 Å². The van der Waals surface area contributed by atoms with Gasteiger partial charge in [-0.15, -0.1) is 0 Å². The second kappa shape index (κ2) is 15.2. The monoisotopic (exact) mass is 513 g/mol. The Hall–Kier alpha value is -1.16. The molecule has 1 aromatic carbocycles. The minimum atomic E-state index is -0.833. The predicted octanol–water partition coefficient (Wildman–Crippen LogP) is 1.71. The zero-order valence-corrected chi connectivity index (χ0v) is 16.8. The van der Waals surface area contributed by atoms with Gasteiger partial charge in [0.05, 0.1) is 0 Å². The van der Waals surface area contributed by atoms with Crippen molar-refractivity contribution in [1.29, 1.82) is 0 Å². The van der Waals surface area contributed by atoms with E-state index in [1.54, 1.807) is 0 Å². The van der Waals surface area contributed by atoms with E-state index in [0.29, 0.717) is 0 Å². The third-order valence-electron chi connectivity index (χ3n) is 1.20. The molecular formula is C13H18ClO6Pb. The van der Waals surface area contributed by atoms with E-state index in [-0.39, 0.29) is 0 Å². The SMILES string of the molecule is CC(=O)O.CC(=O)O.CC(=O)O.Cc1ccc(Cl)c[c]1[Pb]. The fourth-order valence-electron chi connectivity index (χ4n) is 0.594. The van der Waals surface area contributed by atoms with Crippen LogP contribution in [-0.4, -0.2) is 59.0 Å². The zero-order valence-electron chi connectivity index (χ0n) is 12.2. The van der Waals surface area contributed by atoms with E-state index in [1.165, 1.54) is 8.69 Å². The first-order chi connectivity index (χ1) is 9.39. The number of aryl methyl sites for hydroxylation is 1. The standard InChI is InChI=1S/C7H6Cl.3C2H4O2.Pb/c1-6-2-4-7(8)5-3-6;3*1-2(3)4;/h2,4-5H,1H3;3*1H3,(H,3,4);. The van der Waals surface area contributed by atoms with Crippen molar-refractivity contribution in [2.24, 2.45) is 0 Å². The van der Waals surface area contributed by atoms with E-state index in [2.05, 4.69) is 13.0 Å². The Morgan fingerprint density at radius 1 is 0.952 bits per heavy atom. The molecule has 0 atom stereocenters. The van der Waals surface area contributed by atoms with Crippen molar-refractivity contribution in [3.05, 3.63) is 28.8 Å². The van der Waals surface area contributed by atoms with E-state index in [0.717, 1.165) is 51.6 Å². The van der Waals surface area contributed by atoms with Gasteiger partial charge in [0, 0.05) is 20.8 Å². The van der Waals surface area contributed by atoms with Gasteiger partial charge in [-0.1, -0.05) is 0 Å². The molecule has 1 aromatic rings. The van der Waals surface area contributed by atoms with E-state index in [4.69, 9.17) is 41.3 Å². The summed E-state index contributed by atoms with van der Waals surface area (Å²) in [5.74, 6) is -2.50. The first-order valence-electron chi connectivity index (χ1n) is 5.46. The molecule has 0 unspecified atom stereocenters. The molecule has 0 bridgehead atoms. The Kier molecular flexibility index (Phi) is 18.0. The third-order valence-corrected chi connectivity index (χ3v) is 3.53. The van der Waals surface area contributed by atoms with Crippen molar-refractivity contribution in [2.75, 3.05) is 0 Å². The van der Waals surface area contributed by atoms with Gasteiger partial charge in [-0.2, -0.15) is 0 Å². The van der Waals surface area contributed by atoms with Crippen LogP contribution in [0.4, 0.5) is 0 Å². The van der Waals surface area contributed by atoms with Crippen molar-refractivity contribution in [1.82, 2.24) is 0 Å². The molecule has 0 aromatic heterocycles. The number of aliphatic carboxylic acids is 3. The quantitative estimate of drug-likeness (QED) is 0.456. The van der Waals surface area contributed by atoms with Crippen LogP contribution >= 0.6 is 11.6 Å². The summed E-state index contributed by atoms with van der Waals surface area (Å²) in [5, 5.41) is 23.1. The molecule has 21 heavy (non-hydrogen) atoms. The molecule has 0 amide bonds. The summed E-state index contributed by atoms with van der Waals surface area (Å²) in [6.07, 6.45) is 0. The molecule has 0 saturated heterocycles. The second-order valence-corrected chi connectivity index (χ2v) is 6.05. The van der Waals surface area contributed by atoms with E-state index in [1.807, 2.05) is 12.1 Å². The van der Waals surface area contributed by atoms with Crippen LogP contribution < -0.4 is 3.12 Å². The Morgan fingerprint density at radius 3 is 1.43 bits per heavy atom. The van der Waals surface area contributed by atoms with Crippen LogP contribution in [0, 0.1) is 6.92 Å². The van der Waals surface area contributed by atoms with Gasteiger partial charge in [-0.3, -0.25) is 14.4 Å². The Balaban J connectivity index is -0.000000230. The summed E-state index contributed by atoms with van der Waals surface area (Å²) in [7, 11) is 0. The van der Waals surface area contributed by atoms with Gasteiger partial charge in [-0.25, -0.2) is 0 Å². The third kappa shape index (κ3) is 38.1. The number of halogens is 1. The first kappa shape index (κ1) is 24.8. The maximum absolute atomic E-state index is 9.00. The number of carboxylic acids is 3. The van der Waals surface area contributed by atoms with Gasteiger partial charge >= 0.3 is 76.2 Å². The maximum atomic E-state index is 9.00. The zero-order chi connectivity index (χ0) is 17.6. The molecule has 0 saturated carbocycles. The van der Waals surface area contributed by atoms with Crippen molar-refractivity contribution in [3.8, 4) is 0 Å².